The molecule has 23 heavy (non-hydrogen) atoms. The number of carbonyl (C=O) groups is 1. The molecule has 1 aromatic heterocycles. The van der Waals surface area contributed by atoms with Gasteiger partial charge in [-0.05, 0) is 36.4 Å². The minimum atomic E-state index is -0.0295. The highest BCUT2D eigenvalue weighted by Crippen LogP contribution is 2.25. The summed E-state index contributed by atoms with van der Waals surface area (Å²) in [7, 11) is 0. The summed E-state index contributed by atoms with van der Waals surface area (Å²) in [5, 5.41) is 12.0. The van der Waals surface area contributed by atoms with Crippen LogP contribution in [-0.2, 0) is 4.79 Å². The molecule has 4 nitrogen and oxygen atoms in total. The number of nitrogens with zero attached hydrogens (tertiary/aromatic N) is 2. The zero-order chi connectivity index (χ0) is 16.5. The van der Waals surface area contributed by atoms with Crippen LogP contribution in [-0.4, -0.2) is 27.6 Å². The molecule has 0 saturated heterocycles. The summed E-state index contributed by atoms with van der Waals surface area (Å²) in [5.41, 5.74) is 0. The van der Waals surface area contributed by atoms with E-state index in [4.69, 9.17) is 11.6 Å². The third kappa shape index (κ3) is 6.95. The van der Waals surface area contributed by atoms with Crippen molar-refractivity contribution in [2.45, 2.75) is 22.1 Å². The Kier molecular flexibility index (Phi) is 7.94. The van der Waals surface area contributed by atoms with Gasteiger partial charge in [0.15, 0.2) is 4.34 Å². The number of amides is 1. The second-order valence-corrected chi connectivity index (χ2v) is 8.28. The molecule has 0 saturated carbocycles. The van der Waals surface area contributed by atoms with Crippen LogP contribution in [0.25, 0.3) is 0 Å². The van der Waals surface area contributed by atoms with Crippen LogP contribution >= 0.6 is 46.5 Å². The molecule has 0 aliphatic heterocycles. The summed E-state index contributed by atoms with van der Waals surface area (Å²) >= 11 is 10.5. The Morgan fingerprint density at radius 2 is 2.09 bits per heavy atom. The van der Waals surface area contributed by atoms with E-state index in [9.17, 15) is 4.79 Å². The maximum atomic E-state index is 11.9. The van der Waals surface area contributed by atoms with Gasteiger partial charge in [-0.1, -0.05) is 40.8 Å². The fourth-order valence-corrected chi connectivity index (χ4v) is 4.09. The van der Waals surface area contributed by atoms with Gasteiger partial charge in [-0.3, -0.25) is 4.79 Å². The summed E-state index contributed by atoms with van der Waals surface area (Å²) in [6.45, 7) is 3.66. The van der Waals surface area contributed by atoms with Gasteiger partial charge in [0, 0.05) is 22.1 Å². The second-order valence-electron chi connectivity index (χ2n) is 4.43. The fraction of sp³-hybridized carbons (Fsp3) is 0.267. The molecule has 0 unspecified atom stereocenters. The van der Waals surface area contributed by atoms with E-state index in [0.717, 1.165) is 32.2 Å². The number of hydrogen-bond donors (Lipinski definition) is 1. The molecule has 2 aromatic rings. The van der Waals surface area contributed by atoms with Crippen molar-refractivity contribution in [1.82, 2.24) is 10.2 Å². The number of thioether (sulfide) groups is 2. The lowest BCUT2D eigenvalue weighted by Crippen LogP contribution is -2.11. The number of aromatic nitrogens is 2. The summed E-state index contributed by atoms with van der Waals surface area (Å²) in [6.07, 6.45) is 3.08. The van der Waals surface area contributed by atoms with Crippen LogP contribution in [0.2, 0.25) is 5.02 Å². The average molecular weight is 386 g/mol. The molecule has 1 amide bonds. The first-order valence-corrected chi connectivity index (χ1v) is 10.1. The topological polar surface area (TPSA) is 54.9 Å². The Morgan fingerprint density at radius 3 is 2.83 bits per heavy atom. The van der Waals surface area contributed by atoms with Crippen molar-refractivity contribution in [1.29, 1.82) is 0 Å². The van der Waals surface area contributed by atoms with Crippen molar-refractivity contribution in [3.63, 3.8) is 0 Å². The molecule has 0 atom stereocenters. The average Bonchev–Trinajstić information content (AvgIpc) is 2.98. The Balaban J connectivity index is 1.65. The van der Waals surface area contributed by atoms with Gasteiger partial charge in [0.05, 0.1) is 0 Å². The fourth-order valence-electron chi connectivity index (χ4n) is 1.58. The number of benzene rings is 1. The van der Waals surface area contributed by atoms with Crippen LogP contribution < -0.4 is 5.32 Å². The molecule has 1 N–H and O–H groups in total. The number of nitrogens with one attached hydrogen (secondary N) is 1. The predicted molar refractivity (Wildman–Crippen MR) is 101 cm³/mol. The van der Waals surface area contributed by atoms with E-state index in [2.05, 4.69) is 22.1 Å². The van der Waals surface area contributed by atoms with E-state index in [-0.39, 0.29) is 5.91 Å². The summed E-state index contributed by atoms with van der Waals surface area (Å²) in [6, 6.07) is 7.70. The van der Waals surface area contributed by atoms with Crippen molar-refractivity contribution < 1.29 is 4.79 Å². The van der Waals surface area contributed by atoms with Gasteiger partial charge in [0.2, 0.25) is 11.0 Å². The molecule has 0 aliphatic rings. The van der Waals surface area contributed by atoms with Crippen LogP contribution in [0.4, 0.5) is 5.13 Å². The first-order chi connectivity index (χ1) is 11.2. The lowest BCUT2D eigenvalue weighted by atomic mass is 10.3. The normalized spacial score (nSPS) is 10.5. The number of halogens is 1. The van der Waals surface area contributed by atoms with Gasteiger partial charge < -0.3 is 5.32 Å². The minimum absolute atomic E-state index is 0.0295. The zero-order valence-electron chi connectivity index (χ0n) is 12.3. The van der Waals surface area contributed by atoms with Gasteiger partial charge in [-0.15, -0.1) is 28.5 Å². The van der Waals surface area contributed by atoms with Crippen LogP contribution in [0.1, 0.15) is 12.8 Å². The number of anilines is 1. The monoisotopic (exact) mass is 385 g/mol. The van der Waals surface area contributed by atoms with Crippen LogP contribution in [0, 0.1) is 0 Å². The maximum Gasteiger partial charge on any atom is 0.226 e. The number of rotatable bonds is 9. The Morgan fingerprint density at radius 1 is 1.30 bits per heavy atom. The second kappa shape index (κ2) is 9.97. The first-order valence-electron chi connectivity index (χ1n) is 6.93. The largest absolute Gasteiger partial charge is 0.301 e. The van der Waals surface area contributed by atoms with Crippen LogP contribution in [0.15, 0.2) is 46.2 Å². The smallest absolute Gasteiger partial charge is 0.226 e. The van der Waals surface area contributed by atoms with E-state index < -0.39 is 0 Å². The standard InChI is InChI=1S/C15H16ClN3OS3/c1-2-9-22-15-19-18-14(23-15)17-13(20)4-3-10-21-12-7-5-11(16)6-8-12/h2,5-8H,1,3-4,9-10H2,(H,17,18,20). The molecule has 8 heteroatoms. The molecule has 0 spiro atoms. The summed E-state index contributed by atoms with van der Waals surface area (Å²) in [4.78, 5) is 13.0. The van der Waals surface area contributed by atoms with Crippen LogP contribution in [0.5, 0.6) is 0 Å². The van der Waals surface area contributed by atoms with Crippen molar-refractivity contribution in [3.05, 3.63) is 41.9 Å². The van der Waals surface area contributed by atoms with E-state index in [1.807, 2.05) is 30.3 Å². The first kappa shape index (κ1) is 18.3. The molecular formula is C15H16ClN3OS3. The van der Waals surface area contributed by atoms with Gasteiger partial charge >= 0.3 is 0 Å². The number of hydrogen-bond acceptors (Lipinski definition) is 6. The third-order valence-corrected chi connectivity index (χ3v) is 5.93. The van der Waals surface area contributed by atoms with Crippen molar-refractivity contribution in [2.24, 2.45) is 0 Å². The molecule has 2 rings (SSSR count). The highest BCUT2D eigenvalue weighted by atomic mass is 35.5. The zero-order valence-corrected chi connectivity index (χ0v) is 15.5. The van der Waals surface area contributed by atoms with E-state index >= 15 is 0 Å². The van der Waals surface area contributed by atoms with E-state index in [1.54, 1.807) is 23.5 Å². The summed E-state index contributed by atoms with van der Waals surface area (Å²) < 4.78 is 0.832. The van der Waals surface area contributed by atoms with Crippen molar-refractivity contribution in [2.75, 3.05) is 16.8 Å². The SMILES string of the molecule is C=CCSc1nnc(NC(=O)CCCSc2ccc(Cl)cc2)s1. The van der Waals surface area contributed by atoms with Crippen molar-refractivity contribution in [3.8, 4) is 0 Å². The van der Waals surface area contributed by atoms with Gasteiger partial charge in [-0.25, -0.2) is 0 Å². The lowest BCUT2D eigenvalue weighted by molar-refractivity contribution is -0.116. The molecule has 1 aromatic carbocycles. The molecule has 0 aliphatic carbocycles. The predicted octanol–water partition coefficient (Wildman–Crippen LogP) is 4.98. The highest BCUT2D eigenvalue weighted by molar-refractivity contribution is 8.01. The third-order valence-electron chi connectivity index (χ3n) is 2.61. The molecule has 0 fully saturated rings. The minimum Gasteiger partial charge on any atom is -0.301 e. The van der Waals surface area contributed by atoms with Gasteiger partial charge in [0.25, 0.3) is 0 Å². The van der Waals surface area contributed by atoms with Crippen molar-refractivity contribution >= 4 is 57.5 Å². The summed E-state index contributed by atoms with van der Waals surface area (Å²) in [5.74, 6) is 1.63. The Bertz CT molecular complexity index is 646. The van der Waals surface area contributed by atoms with Gasteiger partial charge in [-0.2, -0.15) is 0 Å². The molecule has 0 bridgehead atoms. The molecule has 1 heterocycles. The van der Waals surface area contributed by atoms with E-state index in [1.165, 1.54) is 11.3 Å². The highest BCUT2D eigenvalue weighted by Gasteiger charge is 2.08. The molecule has 0 radical (unpaired) electrons. The quantitative estimate of drug-likeness (QED) is 0.285. The molecular weight excluding hydrogens is 370 g/mol. The van der Waals surface area contributed by atoms with E-state index in [0.29, 0.717) is 11.6 Å². The Hall–Kier alpha value is -1.02. The molecule has 122 valence electrons. The maximum absolute atomic E-state index is 11.9. The lowest BCUT2D eigenvalue weighted by Gasteiger charge is -2.02. The number of carbonyl (C=O) groups excluding carboxylic acids is 1. The Labute approximate surface area is 153 Å². The van der Waals surface area contributed by atoms with Crippen LogP contribution in [0.3, 0.4) is 0 Å². The van der Waals surface area contributed by atoms with Gasteiger partial charge in [0.1, 0.15) is 0 Å².